The number of nitrogens with zero attached hydrogens (tertiary/aromatic N) is 1. The van der Waals surface area contributed by atoms with E-state index in [-0.39, 0.29) is 11.6 Å². The largest absolute Gasteiger partial charge is 0.502 e. The molecular weight excluding hydrogens is 426 g/mol. The van der Waals surface area contributed by atoms with E-state index in [9.17, 15) is 20.0 Å². The molecule has 1 amide bonds. The Morgan fingerprint density at radius 2 is 1.80 bits per heavy atom. The predicted octanol–water partition coefficient (Wildman–Crippen LogP) is 5.68. The lowest BCUT2D eigenvalue weighted by atomic mass is 10.2. The van der Waals surface area contributed by atoms with Crippen molar-refractivity contribution in [2.45, 2.75) is 23.3 Å². The van der Waals surface area contributed by atoms with Gasteiger partial charge in [-0.3, -0.25) is 14.9 Å². The van der Waals surface area contributed by atoms with Gasteiger partial charge in [-0.05, 0) is 60.2 Å². The SMILES string of the molecule is CC(=O)Nc1ccc(Sc2ccc(Cl)cc2)c(CNc2ccc(O)c([N+](=O)[O-])c2)c1. The number of hydrogen-bond acceptors (Lipinski definition) is 6. The highest BCUT2D eigenvalue weighted by Gasteiger charge is 2.14. The number of nitro benzene ring substituents is 1. The molecule has 3 rings (SSSR count). The number of hydrogen-bond donors (Lipinski definition) is 3. The molecule has 0 saturated heterocycles. The molecule has 0 unspecified atom stereocenters. The molecule has 3 aromatic rings. The molecule has 0 radical (unpaired) electrons. The number of nitrogens with one attached hydrogen (secondary N) is 2. The van der Waals surface area contributed by atoms with Crippen LogP contribution in [0.5, 0.6) is 5.75 Å². The smallest absolute Gasteiger partial charge is 0.312 e. The highest BCUT2D eigenvalue weighted by atomic mass is 35.5. The van der Waals surface area contributed by atoms with Crippen LogP contribution in [0.2, 0.25) is 5.02 Å². The minimum absolute atomic E-state index is 0.179. The molecule has 0 aliphatic heterocycles. The molecule has 9 heteroatoms. The maximum Gasteiger partial charge on any atom is 0.312 e. The van der Waals surface area contributed by atoms with E-state index in [1.165, 1.54) is 30.8 Å². The van der Waals surface area contributed by atoms with E-state index in [0.29, 0.717) is 22.9 Å². The van der Waals surface area contributed by atoms with Crippen LogP contribution in [0, 0.1) is 10.1 Å². The average molecular weight is 444 g/mol. The lowest BCUT2D eigenvalue weighted by Crippen LogP contribution is -2.07. The van der Waals surface area contributed by atoms with Crippen molar-refractivity contribution in [1.82, 2.24) is 0 Å². The molecule has 0 aliphatic rings. The van der Waals surface area contributed by atoms with Crippen molar-refractivity contribution in [2.75, 3.05) is 10.6 Å². The van der Waals surface area contributed by atoms with Gasteiger partial charge in [-0.2, -0.15) is 0 Å². The molecule has 0 saturated carbocycles. The summed E-state index contributed by atoms with van der Waals surface area (Å²) >= 11 is 7.49. The van der Waals surface area contributed by atoms with E-state index >= 15 is 0 Å². The lowest BCUT2D eigenvalue weighted by molar-refractivity contribution is -0.385. The van der Waals surface area contributed by atoms with Crippen LogP contribution >= 0.6 is 23.4 Å². The van der Waals surface area contributed by atoms with Crippen molar-refractivity contribution in [3.05, 3.63) is 81.4 Å². The van der Waals surface area contributed by atoms with Gasteiger partial charge in [-0.1, -0.05) is 23.4 Å². The second kappa shape index (κ2) is 9.51. The number of halogens is 1. The Labute approximate surface area is 182 Å². The van der Waals surface area contributed by atoms with Crippen molar-refractivity contribution < 1.29 is 14.8 Å². The standard InChI is InChI=1S/C21H18ClN3O4S/c1-13(26)24-17-5-9-21(30-18-6-2-15(22)3-7-18)14(10-17)12-23-16-4-8-20(27)19(11-16)25(28)29/h2-11,23,27H,12H2,1H3,(H,24,26). The molecule has 0 atom stereocenters. The molecule has 7 nitrogen and oxygen atoms in total. The number of benzene rings is 3. The molecule has 3 aromatic carbocycles. The molecule has 0 spiro atoms. The predicted molar refractivity (Wildman–Crippen MR) is 118 cm³/mol. The molecule has 154 valence electrons. The Balaban J connectivity index is 1.86. The minimum Gasteiger partial charge on any atom is -0.502 e. The van der Waals surface area contributed by atoms with E-state index < -0.39 is 10.7 Å². The molecule has 0 fully saturated rings. The van der Waals surface area contributed by atoms with Gasteiger partial charge in [0.1, 0.15) is 0 Å². The van der Waals surface area contributed by atoms with Gasteiger partial charge < -0.3 is 15.7 Å². The third-order valence-corrected chi connectivity index (χ3v) is 5.46. The summed E-state index contributed by atoms with van der Waals surface area (Å²) in [6.45, 7) is 1.79. The van der Waals surface area contributed by atoms with Crippen molar-refractivity contribution in [1.29, 1.82) is 0 Å². The quantitative estimate of drug-likeness (QED) is 0.246. The van der Waals surface area contributed by atoms with Gasteiger partial charge in [0.15, 0.2) is 5.75 Å². The molecule has 0 aromatic heterocycles. The Bertz CT molecular complexity index is 1090. The third kappa shape index (κ3) is 5.65. The summed E-state index contributed by atoms with van der Waals surface area (Å²) in [4.78, 5) is 23.8. The van der Waals surface area contributed by atoms with Crippen LogP contribution in [0.15, 0.2) is 70.5 Å². The topological polar surface area (TPSA) is 104 Å². The van der Waals surface area contributed by atoms with Gasteiger partial charge in [-0.25, -0.2) is 0 Å². The van der Waals surface area contributed by atoms with E-state index in [0.717, 1.165) is 15.4 Å². The van der Waals surface area contributed by atoms with Crippen LogP contribution in [-0.2, 0) is 11.3 Å². The summed E-state index contributed by atoms with van der Waals surface area (Å²) in [7, 11) is 0. The van der Waals surface area contributed by atoms with Crippen LogP contribution in [-0.4, -0.2) is 15.9 Å². The summed E-state index contributed by atoms with van der Waals surface area (Å²) in [6, 6.07) is 17.1. The molecule has 0 heterocycles. The first-order valence-corrected chi connectivity index (χ1v) is 10.1. The summed E-state index contributed by atoms with van der Waals surface area (Å²) in [5.41, 5.74) is 1.66. The van der Waals surface area contributed by atoms with E-state index in [1.54, 1.807) is 6.07 Å². The van der Waals surface area contributed by atoms with Crippen LogP contribution in [0.25, 0.3) is 0 Å². The number of phenolic OH excluding ortho intramolecular Hbond substituents is 1. The minimum atomic E-state index is -0.639. The number of aromatic hydroxyl groups is 1. The fraction of sp³-hybridized carbons (Fsp3) is 0.0952. The number of nitro groups is 1. The summed E-state index contributed by atoms with van der Waals surface area (Å²) in [5, 5.41) is 27.2. The number of amides is 1. The first-order chi connectivity index (χ1) is 14.3. The Morgan fingerprint density at radius 1 is 1.10 bits per heavy atom. The Morgan fingerprint density at radius 3 is 2.47 bits per heavy atom. The van der Waals surface area contributed by atoms with Gasteiger partial charge >= 0.3 is 5.69 Å². The normalized spacial score (nSPS) is 10.5. The third-order valence-electron chi connectivity index (χ3n) is 4.08. The fourth-order valence-electron chi connectivity index (χ4n) is 2.70. The average Bonchev–Trinajstić information content (AvgIpc) is 2.70. The maximum absolute atomic E-state index is 11.4. The Hall–Kier alpha value is -3.23. The second-order valence-electron chi connectivity index (χ2n) is 6.37. The van der Waals surface area contributed by atoms with Gasteiger partial charge in [0.05, 0.1) is 4.92 Å². The van der Waals surface area contributed by atoms with Crippen molar-refractivity contribution in [2.24, 2.45) is 0 Å². The van der Waals surface area contributed by atoms with Gasteiger partial charge in [0.2, 0.25) is 5.91 Å². The van der Waals surface area contributed by atoms with E-state index in [4.69, 9.17) is 11.6 Å². The monoisotopic (exact) mass is 443 g/mol. The fourth-order valence-corrected chi connectivity index (χ4v) is 3.76. The zero-order valence-corrected chi connectivity index (χ0v) is 17.5. The van der Waals surface area contributed by atoms with E-state index in [2.05, 4.69) is 10.6 Å². The number of anilines is 2. The molecular formula is C21H18ClN3O4S. The molecule has 30 heavy (non-hydrogen) atoms. The van der Waals surface area contributed by atoms with E-state index in [1.807, 2.05) is 42.5 Å². The zero-order valence-electron chi connectivity index (χ0n) is 15.9. The van der Waals surface area contributed by atoms with Crippen LogP contribution in [0.1, 0.15) is 12.5 Å². The Kier molecular flexibility index (Phi) is 6.81. The van der Waals surface area contributed by atoms with Crippen molar-refractivity contribution >= 4 is 46.3 Å². The number of carbonyl (C=O) groups excluding carboxylic acids is 1. The zero-order chi connectivity index (χ0) is 21.7. The first kappa shape index (κ1) is 21.5. The summed E-state index contributed by atoms with van der Waals surface area (Å²) in [6.07, 6.45) is 0. The molecule has 0 aliphatic carbocycles. The van der Waals surface area contributed by atoms with Crippen LogP contribution in [0.3, 0.4) is 0 Å². The first-order valence-electron chi connectivity index (χ1n) is 8.87. The number of carbonyl (C=O) groups is 1. The molecule has 0 bridgehead atoms. The highest BCUT2D eigenvalue weighted by molar-refractivity contribution is 7.99. The van der Waals surface area contributed by atoms with Crippen molar-refractivity contribution in [3.63, 3.8) is 0 Å². The number of phenols is 1. The second-order valence-corrected chi connectivity index (χ2v) is 7.93. The van der Waals surface area contributed by atoms with Gasteiger partial charge in [0, 0.05) is 45.7 Å². The highest BCUT2D eigenvalue weighted by Crippen LogP contribution is 2.34. The van der Waals surface area contributed by atoms with Gasteiger partial charge in [-0.15, -0.1) is 0 Å². The summed E-state index contributed by atoms with van der Waals surface area (Å²) in [5.74, 6) is -0.571. The number of rotatable bonds is 7. The maximum atomic E-state index is 11.4. The lowest BCUT2D eigenvalue weighted by Gasteiger charge is -2.14. The molecule has 3 N–H and O–H groups in total. The summed E-state index contributed by atoms with van der Waals surface area (Å²) < 4.78 is 0. The van der Waals surface area contributed by atoms with Crippen LogP contribution < -0.4 is 10.6 Å². The van der Waals surface area contributed by atoms with Gasteiger partial charge in [0.25, 0.3) is 0 Å². The van der Waals surface area contributed by atoms with Crippen molar-refractivity contribution in [3.8, 4) is 5.75 Å². The van der Waals surface area contributed by atoms with Crippen LogP contribution in [0.4, 0.5) is 17.1 Å².